The first-order chi connectivity index (χ1) is 11.2. The summed E-state index contributed by atoms with van der Waals surface area (Å²) < 4.78 is 31.0. The SMILES string of the molecule is Cc1cc(C(=O)N2C[C@@H]3COC[C@]3(CNS(C)(=O)=O)C2)cc(C)n1. The molecule has 0 saturated carbocycles. The Kier molecular flexibility index (Phi) is 4.39. The van der Waals surface area contributed by atoms with Crippen molar-refractivity contribution >= 4 is 15.9 Å². The highest BCUT2D eigenvalue weighted by Gasteiger charge is 2.52. The molecule has 2 fully saturated rings. The number of carbonyl (C=O) groups is 1. The van der Waals surface area contributed by atoms with Crippen LogP contribution >= 0.6 is 0 Å². The summed E-state index contributed by atoms with van der Waals surface area (Å²) in [5, 5.41) is 0. The fourth-order valence-electron chi connectivity index (χ4n) is 3.65. The summed E-state index contributed by atoms with van der Waals surface area (Å²) in [6.45, 7) is 6.16. The molecule has 0 aromatic carbocycles. The number of pyridine rings is 1. The van der Waals surface area contributed by atoms with Crippen LogP contribution in [0.2, 0.25) is 0 Å². The van der Waals surface area contributed by atoms with E-state index in [0.29, 0.717) is 38.4 Å². The fourth-order valence-corrected chi connectivity index (χ4v) is 4.20. The number of rotatable bonds is 4. The molecule has 3 rings (SSSR count). The number of hydrogen-bond acceptors (Lipinski definition) is 5. The number of nitrogens with zero attached hydrogens (tertiary/aromatic N) is 2. The number of aromatic nitrogens is 1. The van der Waals surface area contributed by atoms with Crippen LogP contribution in [0.25, 0.3) is 0 Å². The van der Waals surface area contributed by atoms with E-state index in [-0.39, 0.29) is 17.2 Å². The lowest BCUT2D eigenvalue weighted by Gasteiger charge is -2.27. The van der Waals surface area contributed by atoms with Gasteiger partial charge in [0.05, 0.1) is 19.5 Å². The highest BCUT2D eigenvalue weighted by Crippen LogP contribution is 2.41. The fraction of sp³-hybridized carbons (Fsp3) is 0.625. The zero-order chi connectivity index (χ0) is 17.5. The second-order valence-electron chi connectivity index (χ2n) is 6.99. The summed E-state index contributed by atoms with van der Waals surface area (Å²) in [6, 6.07) is 3.59. The van der Waals surface area contributed by atoms with Crippen LogP contribution in [-0.4, -0.2) is 63.3 Å². The van der Waals surface area contributed by atoms with Crippen LogP contribution in [-0.2, 0) is 14.8 Å². The number of ether oxygens (including phenoxy) is 1. The van der Waals surface area contributed by atoms with Gasteiger partial charge in [0.25, 0.3) is 5.91 Å². The van der Waals surface area contributed by atoms with Gasteiger partial charge in [-0.3, -0.25) is 9.78 Å². The van der Waals surface area contributed by atoms with Gasteiger partial charge in [-0.05, 0) is 26.0 Å². The summed E-state index contributed by atoms with van der Waals surface area (Å²) in [6.07, 6.45) is 1.15. The third-order valence-corrected chi connectivity index (χ3v) is 5.49. The second-order valence-corrected chi connectivity index (χ2v) is 8.82. The highest BCUT2D eigenvalue weighted by molar-refractivity contribution is 7.88. The average molecular weight is 353 g/mol. The van der Waals surface area contributed by atoms with Gasteiger partial charge in [-0.1, -0.05) is 0 Å². The maximum atomic E-state index is 12.8. The number of nitrogens with one attached hydrogen (secondary N) is 1. The lowest BCUT2D eigenvalue weighted by molar-refractivity contribution is 0.0721. The van der Waals surface area contributed by atoms with Crippen LogP contribution in [0.3, 0.4) is 0 Å². The number of fused-ring (bicyclic) bond motifs is 1. The van der Waals surface area contributed by atoms with E-state index in [4.69, 9.17) is 4.74 Å². The molecule has 2 atom stereocenters. The number of carbonyl (C=O) groups excluding carboxylic acids is 1. The van der Waals surface area contributed by atoms with Gasteiger partial charge in [0.15, 0.2) is 0 Å². The first-order valence-corrected chi connectivity index (χ1v) is 9.85. The Balaban J connectivity index is 1.78. The van der Waals surface area contributed by atoms with Crippen molar-refractivity contribution in [3.63, 3.8) is 0 Å². The predicted molar refractivity (Wildman–Crippen MR) is 89.2 cm³/mol. The molecule has 7 nitrogen and oxygen atoms in total. The molecule has 132 valence electrons. The van der Waals surface area contributed by atoms with Gasteiger partial charge < -0.3 is 9.64 Å². The van der Waals surface area contributed by atoms with Gasteiger partial charge in [0.2, 0.25) is 10.0 Å². The van der Waals surface area contributed by atoms with E-state index in [1.54, 1.807) is 12.1 Å². The lowest BCUT2D eigenvalue weighted by Crippen LogP contribution is -2.43. The van der Waals surface area contributed by atoms with Gasteiger partial charge in [0.1, 0.15) is 0 Å². The molecule has 2 saturated heterocycles. The van der Waals surface area contributed by atoms with Crippen LogP contribution < -0.4 is 4.72 Å². The quantitative estimate of drug-likeness (QED) is 0.843. The number of sulfonamides is 1. The van der Waals surface area contributed by atoms with Gasteiger partial charge in [-0.25, -0.2) is 13.1 Å². The average Bonchev–Trinajstić information content (AvgIpc) is 2.99. The van der Waals surface area contributed by atoms with Crippen molar-refractivity contribution in [3.05, 3.63) is 29.1 Å². The Hall–Kier alpha value is -1.51. The van der Waals surface area contributed by atoms with Crippen LogP contribution in [0.5, 0.6) is 0 Å². The van der Waals surface area contributed by atoms with Gasteiger partial charge >= 0.3 is 0 Å². The number of amides is 1. The van der Waals surface area contributed by atoms with Crippen molar-refractivity contribution in [1.82, 2.24) is 14.6 Å². The Morgan fingerprint density at radius 1 is 1.42 bits per heavy atom. The molecule has 1 aromatic rings. The van der Waals surface area contributed by atoms with Gasteiger partial charge in [-0.2, -0.15) is 0 Å². The molecule has 1 amide bonds. The molecule has 2 aliphatic rings. The minimum atomic E-state index is -3.27. The highest BCUT2D eigenvalue weighted by atomic mass is 32.2. The Morgan fingerprint density at radius 2 is 2.08 bits per heavy atom. The lowest BCUT2D eigenvalue weighted by atomic mass is 9.81. The largest absolute Gasteiger partial charge is 0.380 e. The summed E-state index contributed by atoms with van der Waals surface area (Å²) >= 11 is 0. The molecular weight excluding hydrogens is 330 g/mol. The number of hydrogen-bond donors (Lipinski definition) is 1. The van der Waals surface area contributed by atoms with Crippen molar-refractivity contribution in [2.45, 2.75) is 13.8 Å². The Labute approximate surface area is 142 Å². The first kappa shape index (κ1) is 17.3. The maximum absolute atomic E-state index is 12.8. The molecule has 24 heavy (non-hydrogen) atoms. The Bertz CT molecular complexity index is 744. The molecule has 0 radical (unpaired) electrons. The zero-order valence-corrected chi connectivity index (χ0v) is 15.0. The smallest absolute Gasteiger partial charge is 0.254 e. The third kappa shape index (κ3) is 3.45. The van der Waals surface area contributed by atoms with Crippen molar-refractivity contribution in [3.8, 4) is 0 Å². The topological polar surface area (TPSA) is 88.6 Å². The standard InChI is InChI=1S/C16H23N3O4S/c1-11-4-13(5-12(2)18-11)15(20)19-6-14-7-23-10-16(14,9-19)8-17-24(3,21)22/h4-5,14,17H,6-10H2,1-3H3/t14-,16+/m1/s1. The molecule has 0 aliphatic carbocycles. The van der Waals surface area contributed by atoms with E-state index in [9.17, 15) is 13.2 Å². The monoisotopic (exact) mass is 353 g/mol. The van der Waals surface area contributed by atoms with Crippen molar-refractivity contribution in [2.75, 3.05) is 39.1 Å². The maximum Gasteiger partial charge on any atom is 0.254 e. The van der Waals surface area contributed by atoms with E-state index < -0.39 is 10.0 Å². The minimum absolute atomic E-state index is 0.0308. The van der Waals surface area contributed by atoms with Crippen molar-refractivity contribution in [1.29, 1.82) is 0 Å². The zero-order valence-electron chi connectivity index (χ0n) is 14.2. The summed E-state index contributed by atoms with van der Waals surface area (Å²) in [4.78, 5) is 19.0. The molecule has 2 aliphatic heterocycles. The van der Waals surface area contributed by atoms with E-state index >= 15 is 0 Å². The predicted octanol–water partition coefficient (Wildman–Crippen LogP) is 0.336. The molecule has 0 spiro atoms. The van der Waals surface area contributed by atoms with Gasteiger partial charge in [0, 0.05) is 47.9 Å². The normalized spacial score (nSPS) is 26.6. The number of aryl methyl sites for hydroxylation is 2. The van der Waals surface area contributed by atoms with Crippen LogP contribution in [0.15, 0.2) is 12.1 Å². The van der Waals surface area contributed by atoms with Crippen molar-refractivity contribution in [2.24, 2.45) is 11.3 Å². The molecule has 0 unspecified atom stereocenters. The molecule has 0 bridgehead atoms. The molecule has 1 aromatic heterocycles. The van der Waals surface area contributed by atoms with Crippen LogP contribution in [0, 0.1) is 25.2 Å². The molecule has 1 N–H and O–H groups in total. The van der Waals surface area contributed by atoms with E-state index in [1.165, 1.54) is 0 Å². The summed E-state index contributed by atoms with van der Waals surface area (Å²) in [5.41, 5.74) is 1.92. The second kappa shape index (κ2) is 6.09. The van der Waals surface area contributed by atoms with Crippen LogP contribution in [0.1, 0.15) is 21.7 Å². The third-order valence-electron chi connectivity index (χ3n) is 4.82. The molecular formula is C16H23N3O4S. The number of likely N-dealkylation sites (tertiary alicyclic amines) is 1. The minimum Gasteiger partial charge on any atom is -0.380 e. The Morgan fingerprint density at radius 3 is 2.71 bits per heavy atom. The summed E-state index contributed by atoms with van der Waals surface area (Å²) in [7, 11) is -3.27. The molecule has 8 heteroatoms. The van der Waals surface area contributed by atoms with E-state index in [0.717, 1.165) is 17.6 Å². The van der Waals surface area contributed by atoms with Gasteiger partial charge in [-0.15, -0.1) is 0 Å². The first-order valence-electron chi connectivity index (χ1n) is 7.95. The van der Waals surface area contributed by atoms with Crippen molar-refractivity contribution < 1.29 is 17.9 Å². The summed E-state index contributed by atoms with van der Waals surface area (Å²) in [5.74, 6) is 0.122. The van der Waals surface area contributed by atoms with E-state index in [1.807, 2.05) is 18.7 Å². The van der Waals surface area contributed by atoms with E-state index in [2.05, 4.69) is 9.71 Å². The molecule has 3 heterocycles. The van der Waals surface area contributed by atoms with Crippen LogP contribution in [0.4, 0.5) is 0 Å².